The Balaban J connectivity index is 0.00000242. The van der Waals surface area contributed by atoms with E-state index >= 15 is 0 Å². The summed E-state index contributed by atoms with van der Waals surface area (Å²) in [5, 5.41) is 0. The van der Waals surface area contributed by atoms with Crippen LogP contribution in [0.2, 0.25) is 0 Å². The van der Waals surface area contributed by atoms with Gasteiger partial charge in [-0.2, -0.15) is 0 Å². The molecule has 6 heteroatoms. The van der Waals surface area contributed by atoms with Gasteiger partial charge in [0.05, 0.1) is 17.9 Å². The van der Waals surface area contributed by atoms with Crippen molar-refractivity contribution in [2.24, 2.45) is 0 Å². The van der Waals surface area contributed by atoms with E-state index in [4.69, 9.17) is 19.9 Å². The van der Waals surface area contributed by atoms with Crippen molar-refractivity contribution >= 4 is 17.4 Å². The third-order valence-electron chi connectivity index (χ3n) is 2.96. The Bertz CT molecular complexity index is 594. The van der Waals surface area contributed by atoms with Crippen LogP contribution in [0.15, 0.2) is 24.3 Å². The standard InChI is InChI=1S/C15H17NO5.CH4/c1-9(2)15(18)21-8-7-20-12-4-3-11-13(14(12)16)10(17)5-6-19-11;/h3-4H,1,5-8,16H2,2H3;1H4. The molecule has 0 radical (unpaired) electrons. The number of benzene rings is 1. The van der Waals surface area contributed by atoms with Gasteiger partial charge in [0.1, 0.15) is 24.7 Å². The summed E-state index contributed by atoms with van der Waals surface area (Å²) in [6.07, 6.45) is 0.302. The van der Waals surface area contributed by atoms with Gasteiger partial charge in [-0.05, 0) is 19.1 Å². The van der Waals surface area contributed by atoms with Crippen LogP contribution in [0.3, 0.4) is 0 Å². The maximum atomic E-state index is 11.9. The number of nitrogens with two attached hydrogens (primary N) is 1. The first kappa shape index (κ1) is 17.6. The zero-order valence-electron chi connectivity index (χ0n) is 11.8. The molecule has 0 atom stereocenters. The molecule has 0 aromatic heterocycles. The molecule has 2 N–H and O–H groups in total. The number of Topliss-reactive ketones (excluding diaryl/α,β-unsaturated/α-hetero) is 1. The molecule has 1 aliphatic heterocycles. The van der Waals surface area contributed by atoms with Gasteiger partial charge in [0.15, 0.2) is 5.78 Å². The van der Waals surface area contributed by atoms with Crippen LogP contribution >= 0.6 is 0 Å². The molecule has 2 rings (SSSR count). The molecule has 0 bridgehead atoms. The first-order valence-electron chi connectivity index (χ1n) is 6.54. The van der Waals surface area contributed by atoms with E-state index in [9.17, 15) is 9.59 Å². The van der Waals surface area contributed by atoms with Gasteiger partial charge in [0.25, 0.3) is 0 Å². The fourth-order valence-electron chi connectivity index (χ4n) is 1.90. The molecule has 0 saturated heterocycles. The molecule has 0 amide bonds. The number of hydrogen-bond donors (Lipinski definition) is 1. The summed E-state index contributed by atoms with van der Waals surface area (Å²) >= 11 is 0. The van der Waals surface area contributed by atoms with E-state index < -0.39 is 5.97 Å². The Kier molecular flexibility index (Phi) is 5.98. The minimum Gasteiger partial charge on any atom is -0.492 e. The van der Waals surface area contributed by atoms with Crippen molar-refractivity contribution in [1.82, 2.24) is 0 Å². The highest BCUT2D eigenvalue weighted by molar-refractivity contribution is 6.05. The SMILES string of the molecule is C.C=C(C)C(=O)OCCOc1ccc2c(c1N)C(=O)CCO2. The number of fused-ring (bicyclic) bond motifs is 1. The van der Waals surface area contributed by atoms with Crippen molar-refractivity contribution in [3.8, 4) is 11.5 Å². The molecule has 0 spiro atoms. The molecular formula is C16H21NO5. The zero-order valence-corrected chi connectivity index (χ0v) is 11.8. The van der Waals surface area contributed by atoms with Crippen LogP contribution in [0.25, 0.3) is 0 Å². The second kappa shape index (κ2) is 7.49. The molecule has 6 nitrogen and oxygen atoms in total. The van der Waals surface area contributed by atoms with Crippen molar-refractivity contribution in [3.63, 3.8) is 0 Å². The second-order valence-corrected chi connectivity index (χ2v) is 4.64. The van der Waals surface area contributed by atoms with E-state index in [-0.39, 0.29) is 32.1 Å². The van der Waals surface area contributed by atoms with Crippen molar-refractivity contribution in [2.75, 3.05) is 25.6 Å². The molecule has 0 aliphatic carbocycles. The minimum atomic E-state index is -0.472. The number of nitrogen functional groups attached to an aromatic ring is 1. The van der Waals surface area contributed by atoms with E-state index in [2.05, 4.69) is 6.58 Å². The lowest BCUT2D eigenvalue weighted by molar-refractivity contribution is -0.139. The topological polar surface area (TPSA) is 87.9 Å². The predicted molar refractivity (Wildman–Crippen MR) is 83.3 cm³/mol. The molecule has 0 saturated carbocycles. The molecule has 1 aromatic rings. The van der Waals surface area contributed by atoms with Gasteiger partial charge in [-0.25, -0.2) is 4.79 Å². The Morgan fingerprint density at radius 1 is 1.41 bits per heavy atom. The Hall–Kier alpha value is -2.50. The summed E-state index contributed by atoms with van der Waals surface area (Å²) < 4.78 is 15.7. The van der Waals surface area contributed by atoms with Gasteiger partial charge >= 0.3 is 5.97 Å². The molecule has 22 heavy (non-hydrogen) atoms. The molecule has 0 fully saturated rings. The monoisotopic (exact) mass is 307 g/mol. The predicted octanol–water partition coefficient (Wildman–Crippen LogP) is 2.37. The number of carbonyl (C=O) groups is 2. The lowest BCUT2D eigenvalue weighted by atomic mass is 10.0. The number of ketones is 1. The van der Waals surface area contributed by atoms with Crippen LogP contribution < -0.4 is 15.2 Å². The van der Waals surface area contributed by atoms with Gasteiger partial charge in [0, 0.05) is 12.0 Å². The lowest BCUT2D eigenvalue weighted by Gasteiger charge is -2.19. The zero-order chi connectivity index (χ0) is 15.4. The van der Waals surface area contributed by atoms with Gasteiger partial charge in [-0.3, -0.25) is 4.79 Å². The number of carbonyl (C=O) groups excluding carboxylic acids is 2. The quantitative estimate of drug-likeness (QED) is 0.389. The summed E-state index contributed by atoms with van der Waals surface area (Å²) in [4.78, 5) is 23.1. The molecular weight excluding hydrogens is 286 g/mol. The highest BCUT2D eigenvalue weighted by atomic mass is 16.6. The fraction of sp³-hybridized carbons (Fsp3) is 0.375. The van der Waals surface area contributed by atoms with Crippen molar-refractivity contribution in [2.45, 2.75) is 20.8 Å². The van der Waals surface area contributed by atoms with Gasteiger partial charge in [0.2, 0.25) is 0 Å². The summed E-state index contributed by atoms with van der Waals surface area (Å²) in [7, 11) is 0. The average Bonchev–Trinajstić information content (AvgIpc) is 2.45. The summed E-state index contributed by atoms with van der Waals surface area (Å²) in [6, 6.07) is 3.28. The molecule has 1 aromatic carbocycles. The maximum Gasteiger partial charge on any atom is 0.333 e. The smallest absolute Gasteiger partial charge is 0.333 e. The van der Waals surface area contributed by atoms with Crippen molar-refractivity contribution in [1.29, 1.82) is 0 Å². The first-order valence-corrected chi connectivity index (χ1v) is 6.54. The van der Waals surface area contributed by atoms with E-state index in [0.717, 1.165) is 0 Å². The van der Waals surface area contributed by atoms with Crippen LogP contribution in [-0.4, -0.2) is 31.6 Å². The van der Waals surface area contributed by atoms with Crippen LogP contribution in [0.5, 0.6) is 11.5 Å². The summed E-state index contributed by atoms with van der Waals surface area (Å²) in [5.41, 5.74) is 6.87. The van der Waals surface area contributed by atoms with E-state index in [1.807, 2.05) is 0 Å². The molecule has 0 unspecified atom stereocenters. The van der Waals surface area contributed by atoms with E-state index in [0.29, 0.717) is 35.7 Å². The first-order chi connectivity index (χ1) is 10.0. The van der Waals surface area contributed by atoms with Crippen molar-refractivity contribution in [3.05, 3.63) is 29.8 Å². The van der Waals surface area contributed by atoms with Crippen LogP contribution in [-0.2, 0) is 9.53 Å². The molecule has 1 heterocycles. The van der Waals surface area contributed by atoms with E-state index in [1.165, 1.54) is 0 Å². The second-order valence-electron chi connectivity index (χ2n) is 4.64. The largest absolute Gasteiger partial charge is 0.492 e. The number of ether oxygens (including phenoxy) is 3. The average molecular weight is 307 g/mol. The number of anilines is 1. The van der Waals surface area contributed by atoms with Crippen LogP contribution in [0.4, 0.5) is 5.69 Å². The number of hydrogen-bond acceptors (Lipinski definition) is 6. The maximum absolute atomic E-state index is 11.9. The number of rotatable bonds is 5. The third-order valence-corrected chi connectivity index (χ3v) is 2.96. The minimum absolute atomic E-state index is 0. The van der Waals surface area contributed by atoms with Crippen molar-refractivity contribution < 1.29 is 23.8 Å². The molecule has 120 valence electrons. The third kappa shape index (κ3) is 3.78. The summed E-state index contributed by atoms with van der Waals surface area (Å²) in [5.74, 6) is 0.317. The van der Waals surface area contributed by atoms with Gasteiger partial charge in [-0.1, -0.05) is 14.0 Å². The van der Waals surface area contributed by atoms with Gasteiger partial charge < -0.3 is 19.9 Å². The summed E-state index contributed by atoms with van der Waals surface area (Å²) in [6.45, 7) is 5.62. The number of esters is 1. The Morgan fingerprint density at radius 3 is 2.82 bits per heavy atom. The Morgan fingerprint density at radius 2 is 2.14 bits per heavy atom. The van der Waals surface area contributed by atoms with E-state index in [1.54, 1.807) is 19.1 Å². The molecule has 1 aliphatic rings. The normalized spacial score (nSPS) is 12.5. The lowest BCUT2D eigenvalue weighted by Crippen LogP contribution is -2.18. The fourth-order valence-corrected chi connectivity index (χ4v) is 1.90. The van der Waals surface area contributed by atoms with Gasteiger partial charge in [-0.15, -0.1) is 0 Å². The van der Waals surface area contributed by atoms with Crippen LogP contribution in [0.1, 0.15) is 31.1 Å². The highest BCUT2D eigenvalue weighted by Gasteiger charge is 2.23. The highest BCUT2D eigenvalue weighted by Crippen LogP contribution is 2.36. The Labute approximate surface area is 129 Å². The van der Waals surface area contributed by atoms with Crippen LogP contribution in [0, 0.1) is 0 Å².